The molecule has 0 radical (unpaired) electrons. The van der Waals surface area contributed by atoms with Gasteiger partial charge in [0.25, 0.3) is 0 Å². The third kappa shape index (κ3) is 6.24. The topological polar surface area (TPSA) is 74.6 Å². The van der Waals surface area contributed by atoms with Gasteiger partial charge in [-0.2, -0.15) is 0 Å². The average molecular weight is 511 g/mol. The highest BCUT2D eigenvalue weighted by molar-refractivity contribution is 9.38. The number of carboxylic acids is 2. The summed E-state index contributed by atoms with van der Waals surface area (Å²) in [6, 6.07) is 10.0. The third-order valence-corrected chi connectivity index (χ3v) is 4.56. The number of rotatable bonds is 2. The second-order valence-corrected chi connectivity index (χ2v) is 11.9. The molecule has 0 amide bonds. The lowest BCUT2D eigenvalue weighted by Crippen LogP contribution is -2.28. The Hall–Kier alpha value is -0.920. The smallest absolute Gasteiger partial charge is 0.331 e. The molecule has 4 nitrogen and oxygen atoms in total. The summed E-state index contributed by atoms with van der Waals surface area (Å²) in [6.45, 7) is 1.50. The zero-order valence-corrected chi connectivity index (χ0v) is 16.9. The molecule has 0 fully saturated rings. The zero-order chi connectivity index (χ0) is 17.7. The van der Waals surface area contributed by atoms with Crippen LogP contribution in [-0.2, 0) is 11.7 Å². The van der Waals surface area contributed by atoms with Crippen molar-refractivity contribution in [3.05, 3.63) is 59.7 Å². The van der Waals surface area contributed by atoms with E-state index in [1.54, 1.807) is 0 Å². The molecule has 1 atom stereocenters. The van der Waals surface area contributed by atoms with Gasteiger partial charge in [-0.1, -0.05) is 96.3 Å². The van der Waals surface area contributed by atoms with Gasteiger partial charge < -0.3 is 10.2 Å². The van der Waals surface area contributed by atoms with Crippen LogP contribution >= 0.6 is 47.8 Å². The van der Waals surface area contributed by atoms with Crippen molar-refractivity contribution in [1.29, 1.82) is 0 Å². The maximum absolute atomic E-state index is 10.8. The summed E-state index contributed by atoms with van der Waals surface area (Å²) in [5, 5.41) is 17.5. The van der Waals surface area contributed by atoms with Gasteiger partial charge >= 0.3 is 11.9 Å². The molecule has 124 valence electrons. The van der Waals surface area contributed by atoms with Gasteiger partial charge in [-0.15, -0.1) is 0 Å². The van der Waals surface area contributed by atoms with Crippen molar-refractivity contribution in [1.82, 2.24) is 0 Å². The van der Waals surface area contributed by atoms with E-state index >= 15 is 0 Å². The van der Waals surface area contributed by atoms with Crippen LogP contribution in [-0.4, -0.2) is 22.2 Å². The number of carboxylic acid groups (broad SMARTS) is 2. The molecule has 23 heavy (non-hydrogen) atoms. The third-order valence-electron chi connectivity index (χ3n) is 3.18. The lowest BCUT2D eigenvalue weighted by Gasteiger charge is -2.23. The summed E-state index contributed by atoms with van der Waals surface area (Å²) in [5.74, 6) is -2.06. The molecule has 0 saturated carbocycles. The van der Waals surface area contributed by atoms with Crippen molar-refractivity contribution in [2.45, 2.75) is 15.5 Å². The van der Waals surface area contributed by atoms with E-state index in [1.807, 2.05) is 30.3 Å². The lowest BCUT2D eigenvalue weighted by molar-refractivity contribution is -0.145. The number of hydrogen-bond donors (Lipinski definition) is 2. The van der Waals surface area contributed by atoms with Crippen LogP contribution in [0, 0.1) is 5.41 Å². The summed E-state index contributed by atoms with van der Waals surface area (Å²) < 4.78 is -0.270. The molecule has 7 heteroatoms. The van der Waals surface area contributed by atoms with Crippen molar-refractivity contribution in [3.8, 4) is 0 Å². The lowest BCUT2D eigenvalue weighted by atomic mass is 9.80. The fourth-order valence-corrected chi connectivity index (χ4v) is 2.60. The first-order valence-corrected chi connectivity index (χ1v) is 8.91. The van der Waals surface area contributed by atoms with Crippen LogP contribution in [0.1, 0.15) is 18.9 Å². The number of aliphatic carboxylic acids is 2. The highest BCUT2D eigenvalue weighted by Gasteiger charge is 2.34. The molecular formula is C16H15Br3O4. The Labute approximate surface area is 159 Å². The maximum atomic E-state index is 10.8. The van der Waals surface area contributed by atoms with Crippen LogP contribution in [0.2, 0.25) is 0 Å². The van der Waals surface area contributed by atoms with E-state index in [2.05, 4.69) is 47.8 Å². The Morgan fingerprint density at radius 3 is 2.09 bits per heavy atom. The average Bonchev–Trinajstić information content (AvgIpc) is 2.48. The van der Waals surface area contributed by atoms with Crippen LogP contribution in [0.5, 0.6) is 0 Å². The van der Waals surface area contributed by atoms with Gasteiger partial charge in [-0.3, -0.25) is 4.79 Å². The molecule has 1 aromatic rings. The van der Waals surface area contributed by atoms with E-state index in [4.69, 9.17) is 10.2 Å². The molecule has 1 aromatic carbocycles. The van der Waals surface area contributed by atoms with Gasteiger partial charge in [-0.25, -0.2) is 4.79 Å². The maximum Gasteiger partial charge on any atom is 0.331 e. The Balaban J connectivity index is 0.000000238. The second kappa shape index (κ2) is 8.26. The summed E-state index contributed by atoms with van der Waals surface area (Å²) in [6.07, 6.45) is 4.43. The fourth-order valence-electron chi connectivity index (χ4n) is 1.81. The largest absolute Gasteiger partial charge is 0.481 e. The molecule has 0 heterocycles. The molecule has 2 N–H and O–H groups in total. The molecular weight excluding hydrogens is 496 g/mol. The van der Waals surface area contributed by atoms with Gasteiger partial charge in [0.05, 0.1) is 5.41 Å². The molecule has 0 aromatic heterocycles. The van der Waals surface area contributed by atoms with E-state index < -0.39 is 17.4 Å². The molecule has 0 spiro atoms. The Morgan fingerprint density at radius 1 is 1.13 bits per heavy atom. The minimum Gasteiger partial charge on any atom is -0.481 e. The van der Waals surface area contributed by atoms with Crippen molar-refractivity contribution in [2.24, 2.45) is 5.41 Å². The molecule has 1 unspecified atom stereocenters. The van der Waals surface area contributed by atoms with Gasteiger partial charge in [0, 0.05) is 5.57 Å². The van der Waals surface area contributed by atoms with Crippen molar-refractivity contribution in [3.63, 3.8) is 0 Å². The standard InChI is InChI=1S/C9H10O4.C7H5Br3/c1-9(8(12)13)4-2-3-6(5-9)7(10)11;8-7(9,10)6-4-2-1-3-5-6/h2-4H,5H2,1H3,(H,10,11)(H,12,13);1-5H. The number of allylic oxidation sites excluding steroid dienone is 2. The number of halogens is 3. The van der Waals surface area contributed by atoms with Gasteiger partial charge in [0.2, 0.25) is 0 Å². The summed E-state index contributed by atoms with van der Waals surface area (Å²) in [7, 11) is 0. The quantitative estimate of drug-likeness (QED) is 0.547. The SMILES string of the molecule is BrC(Br)(Br)c1ccccc1.CC1(C(=O)O)C=CC=C(C(=O)O)C1. The number of hydrogen-bond acceptors (Lipinski definition) is 2. The van der Waals surface area contributed by atoms with Crippen LogP contribution in [0.15, 0.2) is 54.1 Å². The molecule has 0 saturated heterocycles. The minimum atomic E-state index is -1.08. The van der Waals surface area contributed by atoms with Crippen LogP contribution in [0.4, 0.5) is 0 Å². The Kier molecular flexibility index (Phi) is 7.23. The molecule has 2 rings (SSSR count). The summed E-state index contributed by atoms with van der Waals surface area (Å²) >= 11 is 10.3. The first-order valence-electron chi connectivity index (χ1n) is 6.53. The first-order chi connectivity index (χ1) is 10.6. The van der Waals surface area contributed by atoms with E-state index in [-0.39, 0.29) is 14.1 Å². The van der Waals surface area contributed by atoms with Crippen LogP contribution < -0.4 is 0 Å². The second-order valence-electron chi connectivity index (χ2n) is 5.12. The van der Waals surface area contributed by atoms with E-state index in [0.29, 0.717) is 0 Å². The van der Waals surface area contributed by atoms with E-state index in [9.17, 15) is 9.59 Å². The van der Waals surface area contributed by atoms with Gasteiger partial charge in [0.1, 0.15) is 0 Å². The van der Waals surface area contributed by atoms with E-state index in [0.717, 1.165) is 5.56 Å². The number of alkyl halides is 3. The minimum absolute atomic E-state index is 0.0359. The van der Waals surface area contributed by atoms with Crippen LogP contribution in [0.3, 0.4) is 0 Å². The summed E-state index contributed by atoms with van der Waals surface area (Å²) in [5.41, 5.74) is 0.199. The number of benzene rings is 1. The van der Waals surface area contributed by atoms with Gasteiger partial charge in [-0.05, 0) is 18.9 Å². The Bertz CT molecular complexity index is 632. The predicted octanol–water partition coefficient (Wildman–Crippen LogP) is 5.03. The number of carbonyl (C=O) groups is 2. The van der Waals surface area contributed by atoms with E-state index in [1.165, 1.54) is 25.2 Å². The molecule has 1 aliphatic carbocycles. The first kappa shape index (κ1) is 20.1. The van der Waals surface area contributed by atoms with Crippen molar-refractivity contribution >= 4 is 59.7 Å². The summed E-state index contributed by atoms with van der Waals surface area (Å²) in [4.78, 5) is 21.3. The molecule has 0 aliphatic heterocycles. The fraction of sp³-hybridized carbons (Fsp3) is 0.250. The zero-order valence-electron chi connectivity index (χ0n) is 12.2. The van der Waals surface area contributed by atoms with Gasteiger partial charge in [0.15, 0.2) is 2.14 Å². The van der Waals surface area contributed by atoms with Crippen molar-refractivity contribution < 1.29 is 19.8 Å². The monoisotopic (exact) mass is 508 g/mol. The van der Waals surface area contributed by atoms with Crippen LogP contribution in [0.25, 0.3) is 0 Å². The highest BCUT2D eigenvalue weighted by atomic mass is 80.0. The van der Waals surface area contributed by atoms with Crippen molar-refractivity contribution in [2.75, 3.05) is 0 Å². The predicted molar refractivity (Wildman–Crippen MR) is 100 cm³/mol. The molecule has 1 aliphatic rings. The molecule has 0 bridgehead atoms. The Morgan fingerprint density at radius 2 is 1.70 bits per heavy atom. The highest BCUT2D eigenvalue weighted by Crippen LogP contribution is 2.43. The normalized spacial score (nSPS) is 20.1.